The monoisotopic (exact) mass is 303 g/mol. The van der Waals surface area contributed by atoms with E-state index in [1.54, 1.807) is 12.1 Å². The number of anilines is 2. The number of carbonyl (C=O) groups is 2. The minimum absolute atomic E-state index is 0.0410. The molecule has 1 heterocycles. The normalized spacial score (nSPS) is 18.2. The molecule has 1 aromatic rings. The van der Waals surface area contributed by atoms with Crippen molar-refractivity contribution in [2.75, 3.05) is 10.6 Å². The molecule has 0 unspecified atom stereocenters. The molecule has 0 radical (unpaired) electrons. The fraction of sp³-hybridized carbons (Fsp3) is 0.529. The molecule has 1 aromatic carbocycles. The molecular weight excluding hydrogens is 278 g/mol. The number of benzene rings is 1. The van der Waals surface area contributed by atoms with Crippen LogP contribution in [0, 0.1) is 5.92 Å². The Hall–Kier alpha value is -2.04. The van der Waals surface area contributed by atoms with E-state index in [0.717, 1.165) is 18.5 Å². The average Bonchev–Trinajstić information content (AvgIpc) is 2.46. The van der Waals surface area contributed by atoms with Crippen LogP contribution in [0.3, 0.4) is 0 Å². The fourth-order valence-corrected chi connectivity index (χ4v) is 2.43. The van der Waals surface area contributed by atoms with Gasteiger partial charge in [0.05, 0.1) is 11.4 Å². The first-order chi connectivity index (χ1) is 10.4. The quantitative estimate of drug-likeness (QED) is 0.783. The maximum Gasteiger partial charge on any atom is 0.251 e. The Morgan fingerprint density at radius 2 is 2.00 bits per heavy atom. The highest BCUT2D eigenvalue weighted by atomic mass is 16.2. The minimum Gasteiger partial charge on any atom is -0.372 e. The van der Waals surface area contributed by atoms with Crippen LogP contribution in [0.2, 0.25) is 0 Å². The van der Waals surface area contributed by atoms with E-state index in [0.29, 0.717) is 17.2 Å². The Morgan fingerprint density at radius 1 is 1.27 bits per heavy atom. The molecule has 0 bridgehead atoms. The molecule has 0 fully saturated rings. The lowest BCUT2D eigenvalue weighted by Crippen LogP contribution is -2.40. The number of rotatable bonds is 5. The molecule has 2 amide bonds. The number of carbonyl (C=O) groups excluding carboxylic acids is 2. The Bertz CT molecular complexity index is 569. The van der Waals surface area contributed by atoms with Gasteiger partial charge in [0.15, 0.2) is 0 Å². The molecule has 5 nitrogen and oxygen atoms in total. The summed E-state index contributed by atoms with van der Waals surface area (Å²) in [7, 11) is 0. The van der Waals surface area contributed by atoms with Crippen molar-refractivity contribution in [1.82, 2.24) is 5.32 Å². The molecule has 0 saturated heterocycles. The van der Waals surface area contributed by atoms with Crippen LogP contribution in [0.15, 0.2) is 18.2 Å². The number of fused-ring (bicyclic) bond motifs is 1. The number of amides is 2. The summed E-state index contributed by atoms with van der Waals surface area (Å²) in [6.45, 7) is 8.17. The lowest BCUT2D eigenvalue weighted by atomic mass is 10.00. The van der Waals surface area contributed by atoms with Gasteiger partial charge in [-0.2, -0.15) is 0 Å². The second-order valence-electron chi connectivity index (χ2n) is 6.36. The summed E-state index contributed by atoms with van der Waals surface area (Å²) in [5.74, 6) is 0.279. The second kappa shape index (κ2) is 6.81. The van der Waals surface area contributed by atoms with Crippen molar-refractivity contribution in [2.45, 2.75) is 52.6 Å². The van der Waals surface area contributed by atoms with Gasteiger partial charge < -0.3 is 16.0 Å². The predicted octanol–water partition coefficient (Wildman–Crippen LogP) is 2.99. The number of hydrogen-bond acceptors (Lipinski definition) is 3. The van der Waals surface area contributed by atoms with Crippen LogP contribution in [0.5, 0.6) is 0 Å². The van der Waals surface area contributed by atoms with Crippen LogP contribution in [-0.2, 0) is 4.79 Å². The van der Waals surface area contributed by atoms with Crippen LogP contribution in [0.25, 0.3) is 0 Å². The SMILES string of the molecule is CC[C@H](C)NC(=O)c1ccc2c(c1)NC(=O)[C@@H](CC(C)C)N2. The van der Waals surface area contributed by atoms with Gasteiger partial charge in [-0.15, -0.1) is 0 Å². The van der Waals surface area contributed by atoms with Gasteiger partial charge in [0.25, 0.3) is 5.91 Å². The summed E-state index contributed by atoms with van der Waals surface area (Å²) in [6, 6.07) is 5.28. The Kier molecular flexibility index (Phi) is 5.06. The molecule has 120 valence electrons. The van der Waals surface area contributed by atoms with Crippen molar-refractivity contribution in [3.8, 4) is 0 Å². The van der Waals surface area contributed by atoms with Crippen molar-refractivity contribution in [3.63, 3.8) is 0 Å². The summed E-state index contributed by atoms with van der Waals surface area (Å²) >= 11 is 0. The molecular formula is C17H25N3O2. The van der Waals surface area contributed by atoms with Crippen molar-refractivity contribution in [3.05, 3.63) is 23.8 Å². The highest BCUT2D eigenvalue weighted by molar-refractivity contribution is 6.05. The second-order valence-corrected chi connectivity index (χ2v) is 6.36. The third kappa shape index (κ3) is 3.78. The van der Waals surface area contributed by atoms with E-state index in [-0.39, 0.29) is 23.9 Å². The molecule has 5 heteroatoms. The van der Waals surface area contributed by atoms with E-state index in [4.69, 9.17) is 0 Å². The van der Waals surface area contributed by atoms with Crippen LogP contribution in [0.1, 0.15) is 50.9 Å². The minimum atomic E-state index is -0.215. The van der Waals surface area contributed by atoms with E-state index in [2.05, 4.69) is 29.8 Å². The van der Waals surface area contributed by atoms with Crippen LogP contribution >= 0.6 is 0 Å². The van der Waals surface area contributed by atoms with E-state index in [1.807, 2.05) is 19.9 Å². The van der Waals surface area contributed by atoms with Gasteiger partial charge in [0.1, 0.15) is 6.04 Å². The number of hydrogen-bond donors (Lipinski definition) is 3. The van der Waals surface area contributed by atoms with Gasteiger partial charge in [-0.05, 0) is 43.9 Å². The molecule has 0 saturated carbocycles. The first kappa shape index (κ1) is 16.3. The third-order valence-electron chi connectivity index (χ3n) is 3.88. The zero-order chi connectivity index (χ0) is 16.3. The average molecular weight is 303 g/mol. The van der Waals surface area contributed by atoms with E-state index >= 15 is 0 Å². The van der Waals surface area contributed by atoms with Crippen LogP contribution < -0.4 is 16.0 Å². The fourth-order valence-electron chi connectivity index (χ4n) is 2.43. The topological polar surface area (TPSA) is 70.2 Å². The van der Waals surface area contributed by atoms with E-state index in [1.165, 1.54) is 0 Å². The predicted molar refractivity (Wildman–Crippen MR) is 89.2 cm³/mol. The summed E-state index contributed by atoms with van der Waals surface area (Å²) in [5.41, 5.74) is 2.09. The maximum absolute atomic E-state index is 12.1. The Balaban J connectivity index is 2.14. The molecule has 2 rings (SSSR count). The highest BCUT2D eigenvalue weighted by Crippen LogP contribution is 2.29. The van der Waals surface area contributed by atoms with Gasteiger partial charge in [-0.1, -0.05) is 20.8 Å². The molecule has 0 spiro atoms. The van der Waals surface area contributed by atoms with Gasteiger partial charge in [0, 0.05) is 11.6 Å². The molecule has 0 aromatic heterocycles. The number of nitrogens with one attached hydrogen (secondary N) is 3. The van der Waals surface area contributed by atoms with Crippen LogP contribution in [0.4, 0.5) is 11.4 Å². The summed E-state index contributed by atoms with van der Waals surface area (Å²) in [4.78, 5) is 24.3. The summed E-state index contributed by atoms with van der Waals surface area (Å²) in [6.07, 6.45) is 1.66. The molecule has 1 aliphatic heterocycles. The van der Waals surface area contributed by atoms with Crippen molar-refractivity contribution >= 4 is 23.2 Å². The molecule has 3 N–H and O–H groups in total. The highest BCUT2D eigenvalue weighted by Gasteiger charge is 2.26. The zero-order valence-electron chi connectivity index (χ0n) is 13.7. The largest absolute Gasteiger partial charge is 0.372 e. The van der Waals surface area contributed by atoms with E-state index < -0.39 is 0 Å². The first-order valence-electron chi connectivity index (χ1n) is 7.93. The van der Waals surface area contributed by atoms with Gasteiger partial charge in [-0.3, -0.25) is 9.59 Å². The van der Waals surface area contributed by atoms with Gasteiger partial charge in [-0.25, -0.2) is 0 Å². The lowest BCUT2D eigenvalue weighted by molar-refractivity contribution is -0.117. The zero-order valence-corrected chi connectivity index (χ0v) is 13.7. The van der Waals surface area contributed by atoms with Crippen molar-refractivity contribution in [2.24, 2.45) is 5.92 Å². The van der Waals surface area contributed by atoms with Crippen molar-refractivity contribution in [1.29, 1.82) is 0 Å². The van der Waals surface area contributed by atoms with E-state index in [9.17, 15) is 9.59 Å². The lowest BCUT2D eigenvalue weighted by Gasteiger charge is -2.28. The molecule has 0 aliphatic carbocycles. The van der Waals surface area contributed by atoms with Crippen LogP contribution in [-0.4, -0.2) is 23.9 Å². The molecule has 22 heavy (non-hydrogen) atoms. The molecule has 2 atom stereocenters. The van der Waals surface area contributed by atoms with Gasteiger partial charge in [0.2, 0.25) is 5.91 Å². The third-order valence-corrected chi connectivity index (χ3v) is 3.88. The first-order valence-corrected chi connectivity index (χ1v) is 7.93. The standard InChI is InChI=1S/C17H25N3O2/c1-5-11(4)18-16(21)12-6-7-13-14(9-12)20-17(22)15(19-13)8-10(2)3/h6-7,9-11,15,19H,5,8H2,1-4H3,(H,18,21)(H,20,22)/t11-,15+/m0/s1. The van der Waals surface area contributed by atoms with Gasteiger partial charge >= 0.3 is 0 Å². The Morgan fingerprint density at radius 3 is 2.64 bits per heavy atom. The summed E-state index contributed by atoms with van der Waals surface area (Å²) in [5, 5.41) is 9.08. The smallest absolute Gasteiger partial charge is 0.251 e. The Labute approximate surface area is 131 Å². The molecule has 1 aliphatic rings. The summed E-state index contributed by atoms with van der Waals surface area (Å²) < 4.78 is 0. The van der Waals surface area contributed by atoms with Crippen molar-refractivity contribution < 1.29 is 9.59 Å². The maximum atomic E-state index is 12.1.